The molecule has 0 spiro atoms. The van der Waals surface area contributed by atoms with Gasteiger partial charge in [0.1, 0.15) is 18.3 Å². The molecule has 0 bridgehead atoms. The molecule has 0 radical (unpaired) electrons. The lowest BCUT2D eigenvalue weighted by Crippen LogP contribution is -2.49. The Hall–Kier alpha value is -3.99. The van der Waals surface area contributed by atoms with Crippen molar-refractivity contribution in [2.45, 2.75) is 12.5 Å². The van der Waals surface area contributed by atoms with Gasteiger partial charge >= 0.3 is 6.03 Å². The predicted octanol–water partition coefficient (Wildman–Crippen LogP) is 2.55. The van der Waals surface area contributed by atoms with Gasteiger partial charge in [-0.15, -0.1) is 0 Å². The van der Waals surface area contributed by atoms with Gasteiger partial charge in [-0.05, 0) is 35.9 Å². The number of urea groups is 1. The Morgan fingerprint density at radius 1 is 1.17 bits per heavy atom. The third kappa shape index (κ3) is 5.05. The molecule has 1 aromatic heterocycles. The van der Waals surface area contributed by atoms with Crippen LogP contribution in [0.2, 0.25) is 0 Å². The van der Waals surface area contributed by atoms with Crippen LogP contribution in [0, 0.1) is 11.3 Å². The molecule has 0 fully saturated rings. The Morgan fingerprint density at radius 2 is 1.93 bits per heavy atom. The molecule has 8 heteroatoms. The van der Waals surface area contributed by atoms with E-state index in [1.54, 1.807) is 31.4 Å². The summed E-state index contributed by atoms with van der Waals surface area (Å²) in [5.41, 5.74) is 2.40. The van der Waals surface area contributed by atoms with E-state index in [0.29, 0.717) is 11.4 Å². The molecule has 2 aromatic carbocycles. The maximum Gasteiger partial charge on any atom is 0.319 e. The van der Waals surface area contributed by atoms with Crippen molar-refractivity contribution in [1.82, 2.24) is 15.6 Å². The zero-order valence-electron chi connectivity index (χ0n) is 15.9. The number of H-pyrrole nitrogens is 1. The summed E-state index contributed by atoms with van der Waals surface area (Å²) in [5, 5.41) is 17.6. The minimum absolute atomic E-state index is 0.134. The van der Waals surface area contributed by atoms with Gasteiger partial charge in [0.25, 0.3) is 0 Å². The van der Waals surface area contributed by atoms with Crippen molar-refractivity contribution in [3.63, 3.8) is 0 Å². The normalized spacial score (nSPS) is 11.3. The van der Waals surface area contributed by atoms with Gasteiger partial charge in [-0.25, -0.2) is 4.79 Å². The second kappa shape index (κ2) is 9.28. The van der Waals surface area contributed by atoms with E-state index in [9.17, 15) is 9.59 Å². The number of carbonyl (C=O) groups is 2. The van der Waals surface area contributed by atoms with E-state index in [4.69, 9.17) is 10.00 Å². The average Bonchev–Trinajstić information content (AvgIpc) is 3.15. The second-order valence-corrected chi connectivity index (χ2v) is 6.32. The Balaban J connectivity index is 1.73. The van der Waals surface area contributed by atoms with Gasteiger partial charge < -0.3 is 25.7 Å². The van der Waals surface area contributed by atoms with Crippen molar-refractivity contribution in [2.75, 3.05) is 19.0 Å². The number of hydrogen-bond acceptors (Lipinski definition) is 4. The number of rotatable bonds is 7. The average molecular weight is 391 g/mol. The van der Waals surface area contributed by atoms with Gasteiger partial charge in [0.15, 0.2) is 0 Å². The van der Waals surface area contributed by atoms with Crippen molar-refractivity contribution in [3.8, 4) is 11.8 Å². The predicted molar refractivity (Wildman–Crippen MR) is 110 cm³/mol. The first-order valence-corrected chi connectivity index (χ1v) is 9.02. The fraction of sp³-hybridized carbons (Fsp3) is 0.190. The standard InChI is InChI=1S/C21H21N5O3/c1-29-16-8-6-15(7-9-16)25-21(28)26-19(20(27)23-11-10-22)12-14-13-24-18-5-3-2-4-17(14)18/h2-9,13,19,24H,11-12H2,1H3,(H,23,27)(H2,25,26,28). The summed E-state index contributed by atoms with van der Waals surface area (Å²) in [6.07, 6.45) is 2.09. The highest BCUT2D eigenvalue weighted by Crippen LogP contribution is 2.19. The van der Waals surface area contributed by atoms with E-state index in [1.807, 2.05) is 36.5 Å². The maximum atomic E-state index is 12.5. The lowest BCUT2D eigenvalue weighted by molar-refractivity contribution is -0.122. The topological polar surface area (TPSA) is 119 Å². The van der Waals surface area contributed by atoms with Crippen LogP contribution in [0.3, 0.4) is 0 Å². The molecule has 29 heavy (non-hydrogen) atoms. The van der Waals surface area contributed by atoms with Crippen LogP contribution in [0.15, 0.2) is 54.7 Å². The minimum atomic E-state index is -0.846. The summed E-state index contributed by atoms with van der Waals surface area (Å²) in [7, 11) is 1.56. The number of anilines is 1. The monoisotopic (exact) mass is 391 g/mol. The number of benzene rings is 2. The van der Waals surface area contributed by atoms with E-state index < -0.39 is 18.0 Å². The Bertz CT molecular complexity index is 1040. The highest BCUT2D eigenvalue weighted by atomic mass is 16.5. The van der Waals surface area contributed by atoms with Gasteiger partial charge in [-0.1, -0.05) is 18.2 Å². The van der Waals surface area contributed by atoms with Crippen LogP contribution in [0.5, 0.6) is 5.75 Å². The molecular formula is C21H21N5O3. The number of fused-ring (bicyclic) bond motifs is 1. The second-order valence-electron chi connectivity index (χ2n) is 6.32. The van der Waals surface area contributed by atoms with Gasteiger partial charge in [-0.3, -0.25) is 4.79 Å². The van der Waals surface area contributed by atoms with E-state index >= 15 is 0 Å². The number of ether oxygens (including phenoxy) is 1. The molecular weight excluding hydrogens is 370 g/mol. The van der Waals surface area contributed by atoms with Crippen LogP contribution < -0.4 is 20.7 Å². The molecule has 1 heterocycles. The third-order valence-electron chi connectivity index (χ3n) is 4.41. The van der Waals surface area contributed by atoms with Crippen molar-refractivity contribution < 1.29 is 14.3 Å². The van der Waals surface area contributed by atoms with E-state index in [1.165, 1.54) is 0 Å². The van der Waals surface area contributed by atoms with Crippen LogP contribution in [-0.2, 0) is 11.2 Å². The fourth-order valence-electron chi connectivity index (χ4n) is 2.98. The number of aromatic nitrogens is 1. The lowest BCUT2D eigenvalue weighted by atomic mass is 10.0. The fourth-order valence-corrected chi connectivity index (χ4v) is 2.98. The lowest BCUT2D eigenvalue weighted by Gasteiger charge is -2.18. The van der Waals surface area contributed by atoms with Crippen LogP contribution in [0.25, 0.3) is 10.9 Å². The molecule has 1 atom stereocenters. The summed E-state index contributed by atoms with van der Waals surface area (Å²) in [6, 6.07) is 15.0. The number of amides is 3. The molecule has 0 saturated heterocycles. The number of hydrogen-bond donors (Lipinski definition) is 4. The van der Waals surface area contributed by atoms with Gasteiger partial charge in [0.2, 0.25) is 5.91 Å². The van der Waals surface area contributed by atoms with Crippen LogP contribution >= 0.6 is 0 Å². The Morgan fingerprint density at radius 3 is 2.66 bits per heavy atom. The van der Waals surface area contributed by atoms with Crippen molar-refractivity contribution in [1.29, 1.82) is 5.26 Å². The highest BCUT2D eigenvalue weighted by molar-refractivity contribution is 5.94. The quantitative estimate of drug-likeness (QED) is 0.463. The van der Waals surface area contributed by atoms with Gasteiger partial charge in [-0.2, -0.15) is 5.26 Å². The summed E-state index contributed by atoms with van der Waals surface area (Å²) < 4.78 is 5.09. The zero-order chi connectivity index (χ0) is 20.6. The molecule has 3 aromatic rings. The SMILES string of the molecule is COc1ccc(NC(=O)NC(Cc2c[nH]c3ccccc23)C(=O)NCC#N)cc1. The van der Waals surface area contributed by atoms with Crippen LogP contribution in [-0.4, -0.2) is 36.6 Å². The smallest absolute Gasteiger partial charge is 0.319 e. The summed E-state index contributed by atoms with van der Waals surface area (Å²) >= 11 is 0. The number of nitrogens with one attached hydrogen (secondary N) is 4. The highest BCUT2D eigenvalue weighted by Gasteiger charge is 2.22. The molecule has 0 aliphatic carbocycles. The van der Waals surface area contributed by atoms with E-state index in [2.05, 4.69) is 20.9 Å². The molecule has 3 amide bonds. The first-order valence-electron chi connectivity index (χ1n) is 9.02. The first-order chi connectivity index (χ1) is 14.1. The number of para-hydroxylation sites is 1. The van der Waals surface area contributed by atoms with Gasteiger partial charge in [0, 0.05) is 29.2 Å². The first kappa shape index (κ1) is 19.8. The molecule has 0 saturated carbocycles. The zero-order valence-corrected chi connectivity index (χ0v) is 15.9. The van der Waals surface area contributed by atoms with E-state index in [0.717, 1.165) is 16.5 Å². The molecule has 0 aliphatic rings. The number of methoxy groups -OCH3 is 1. The Kier molecular flexibility index (Phi) is 6.32. The Labute approximate surface area is 167 Å². The molecule has 0 aliphatic heterocycles. The van der Waals surface area contributed by atoms with Crippen LogP contribution in [0.1, 0.15) is 5.56 Å². The summed E-state index contributed by atoms with van der Waals surface area (Å²) in [6.45, 7) is -0.134. The largest absolute Gasteiger partial charge is 0.497 e. The number of nitriles is 1. The molecule has 3 rings (SSSR count). The molecule has 8 nitrogen and oxygen atoms in total. The number of carbonyl (C=O) groups excluding carboxylic acids is 2. The molecule has 4 N–H and O–H groups in total. The van der Waals surface area contributed by atoms with Crippen molar-refractivity contribution in [2.24, 2.45) is 0 Å². The van der Waals surface area contributed by atoms with Gasteiger partial charge in [0.05, 0.1) is 13.2 Å². The molecule has 148 valence electrons. The minimum Gasteiger partial charge on any atom is -0.497 e. The van der Waals surface area contributed by atoms with Crippen LogP contribution in [0.4, 0.5) is 10.5 Å². The number of nitrogens with zero attached hydrogens (tertiary/aromatic N) is 1. The number of aromatic amines is 1. The molecule has 1 unspecified atom stereocenters. The summed E-state index contributed by atoms with van der Waals surface area (Å²) in [5.74, 6) is 0.241. The third-order valence-corrected chi connectivity index (χ3v) is 4.41. The maximum absolute atomic E-state index is 12.5. The van der Waals surface area contributed by atoms with Crippen molar-refractivity contribution in [3.05, 3.63) is 60.3 Å². The van der Waals surface area contributed by atoms with Crippen molar-refractivity contribution >= 4 is 28.5 Å². The van der Waals surface area contributed by atoms with E-state index in [-0.39, 0.29) is 13.0 Å². The summed E-state index contributed by atoms with van der Waals surface area (Å²) in [4.78, 5) is 28.1.